The second-order valence-electron chi connectivity index (χ2n) is 8.09. The summed E-state index contributed by atoms with van der Waals surface area (Å²) in [6.07, 6.45) is 2.08. The monoisotopic (exact) mass is 448 g/mol. The summed E-state index contributed by atoms with van der Waals surface area (Å²) in [7, 11) is 0. The fraction of sp³-hybridized carbons (Fsp3) is 0.647. The van der Waals surface area contributed by atoms with Gasteiger partial charge >= 0.3 is 0 Å². The molecule has 1 saturated heterocycles. The van der Waals surface area contributed by atoms with Crippen molar-refractivity contribution >= 4 is 34.1 Å². The SMILES string of the molecule is Cc1cc(Cl)n2ncnc(N3CC4(CC(N(CC(F)(F)CCO)S(N)=O)C4)C3)c12. The molecule has 0 bridgehead atoms. The Bertz CT molecular complexity index is 943. The summed E-state index contributed by atoms with van der Waals surface area (Å²) in [4.78, 5) is 6.54. The van der Waals surface area contributed by atoms with Crippen molar-refractivity contribution in [3.8, 4) is 0 Å². The zero-order valence-electron chi connectivity index (χ0n) is 15.9. The van der Waals surface area contributed by atoms with Crippen LogP contribution in [0.1, 0.15) is 24.8 Å². The van der Waals surface area contributed by atoms with Crippen LogP contribution in [-0.4, -0.2) is 66.4 Å². The van der Waals surface area contributed by atoms with Crippen LogP contribution in [0.3, 0.4) is 0 Å². The van der Waals surface area contributed by atoms with Crippen molar-refractivity contribution in [2.75, 3.05) is 31.1 Å². The van der Waals surface area contributed by atoms with Gasteiger partial charge in [-0.3, -0.25) is 0 Å². The average Bonchev–Trinajstić information content (AvgIpc) is 2.86. The molecule has 3 heterocycles. The van der Waals surface area contributed by atoms with Crippen LogP contribution in [-0.2, 0) is 11.2 Å². The highest BCUT2D eigenvalue weighted by Crippen LogP contribution is 2.52. The van der Waals surface area contributed by atoms with Gasteiger partial charge in [-0.15, -0.1) is 0 Å². The Labute approximate surface area is 174 Å². The second kappa shape index (κ2) is 7.38. The first kappa shape index (κ1) is 20.9. The van der Waals surface area contributed by atoms with E-state index in [1.54, 1.807) is 4.52 Å². The fourth-order valence-electron chi connectivity index (χ4n) is 4.52. The minimum atomic E-state index is -3.13. The lowest BCUT2D eigenvalue weighted by Crippen LogP contribution is -2.68. The maximum atomic E-state index is 13.9. The lowest BCUT2D eigenvalue weighted by Gasteiger charge is -2.61. The van der Waals surface area contributed by atoms with Gasteiger partial charge in [-0.2, -0.15) is 5.10 Å². The number of aromatic nitrogens is 3. The van der Waals surface area contributed by atoms with E-state index in [1.807, 2.05) is 13.0 Å². The molecule has 4 rings (SSSR count). The van der Waals surface area contributed by atoms with Gasteiger partial charge in [-0.05, 0) is 31.4 Å². The number of fused-ring (bicyclic) bond motifs is 1. The molecule has 2 aromatic heterocycles. The van der Waals surface area contributed by atoms with Gasteiger partial charge in [0.1, 0.15) is 17.0 Å². The third-order valence-corrected chi connectivity index (χ3v) is 7.03. The van der Waals surface area contributed by atoms with Gasteiger partial charge < -0.3 is 10.0 Å². The van der Waals surface area contributed by atoms with Crippen LogP contribution < -0.4 is 10.0 Å². The van der Waals surface area contributed by atoms with Crippen molar-refractivity contribution in [2.45, 2.75) is 38.2 Å². The van der Waals surface area contributed by atoms with E-state index in [0.717, 1.165) is 34.3 Å². The van der Waals surface area contributed by atoms with Crippen molar-refractivity contribution in [3.05, 3.63) is 23.1 Å². The Morgan fingerprint density at radius 1 is 1.48 bits per heavy atom. The van der Waals surface area contributed by atoms with E-state index in [2.05, 4.69) is 15.0 Å². The molecule has 0 radical (unpaired) electrons. The molecule has 29 heavy (non-hydrogen) atoms. The van der Waals surface area contributed by atoms with Crippen LogP contribution >= 0.6 is 11.6 Å². The number of nitrogens with zero attached hydrogens (tertiary/aromatic N) is 5. The molecule has 0 aromatic carbocycles. The molecule has 12 heteroatoms. The van der Waals surface area contributed by atoms with Gasteiger partial charge in [-0.1, -0.05) is 11.6 Å². The average molecular weight is 449 g/mol. The molecule has 8 nitrogen and oxygen atoms in total. The number of hydrogen-bond acceptors (Lipinski definition) is 5. The van der Waals surface area contributed by atoms with Gasteiger partial charge in [-0.25, -0.2) is 31.9 Å². The number of anilines is 1. The molecule has 1 aliphatic carbocycles. The molecule has 1 saturated carbocycles. The normalized spacial score (nSPS) is 20.3. The largest absolute Gasteiger partial charge is 0.396 e. The zero-order valence-corrected chi connectivity index (χ0v) is 17.5. The number of aliphatic hydroxyl groups is 1. The van der Waals surface area contributed by atoms with Crippen LogP contribution in [0.2, 0.25) is 5.15 Å². The quantitative estimate of drug-likeness (QED) is 0.669. The lowest BCUT2D eigenvalue weighted by atomic mass is 9.60. The van der Waals surface area contributed by atoms with Crippen LogP contribution in [0.5, 0.6) is 0 Å². The molecule has 2 aliphatic rings. The van der Waals surface area contributed by atoms with Gasteiger partial charge in [0.15, 0.2) is 17.0 Å². The zero-order chi connectivity index (χ0) is 21.0. The van der Waals surface area contributed by atoms with Crippen LogP contribution in [0.4, 0.5) is 14.6 Å². The van der Waals surface area contributed by atoms with E-state index in [4.69, 9.17) is 21.8 Å². The van der Waals surface area contributed by atoms with Gasteiger partial charge in [0, 0.05) is 37.6 Å². The number of nitrogens with two attached hydrogens (primary N) is 1. The van der Waals surface area contributed by atoms with Gasteiger partial charge in [0.05, 0.1) is 6.54 Å². The van der Waals surface area contributed by atoms with Crippen molar-refractivity contribution < 1.29 is 18.1 Å². The van der Waals surface area contributed by atoms with E-state index in [1.165, 1.54) is 6.33 Å². The maximum absolute atomic E-state index is 13.9. The van der Waals surface area contributed by atoms with Crippen molar-refractivity contribution in [3.63, 3.8) is 0 Å². The second-order valence-corrected chi connectivity index (χ2v) is 9.50. The minimum absolute atomic E-state index is 0.0131. The van der Waals surface area contributed by atoms with E-state index in [0.29, 0.717) is 18.0 Å². The number of rotatable bonds is 7. The Hall–Kier alpha value is -1.40. The summed E-state index contributed by atoms with van der Waals surface area (Å²) < 4.78 is 42.4. The summed E-state index contributed by atoms with van der Waals surface area (Å²) in [5, 5.41) is 19.0. The Kier molecular flexibility index (Phi) is 5.31. The van der Waals surface area contributed by atoms with E-state index < -0.39 is 36.7 Å². The number of halogens is 3. The maximum Gasteiger partial charge on any atom is 0.263 e. The van der Waals surface area contributed by atoms with Crippen LogP contribution in [0.15, 0.2) is 12.4 Å². The summed E-state index contributed by atoms with van der Waals surface area (Å²) in [5.41, 5.74) is 1.83. The van der Waals surface area contributed by atoms with Crippen molar-refractivity contribution in [1.29, 1.82) is 0 Å². The third kappa shape index (κ3) is 3.74. The Morgan fingerprint density at radius 3 is 2.79 bits per heavy atom. The van der Waals surface area contributed by atoms with Gasteiger partial charge in [0.2, 0.25) is 0 Å². The topological polar surface area (TPSA) is 100.0 Å². The van der Waals surface area contributed by atoms with Crippen molar-refractivity contribution in [2.24, 2.45) is 10.6 Å². The Morgan fingerprint density at radius 2 is 2.17 bits per heavy atom. The highest BCUT2D eigenvalue weighted by Gasteiger charge is 2.56. The van der Waals surface area contributed by atoms with E-state index in [9.17, 15) is 13.0 Å². The van der Waals surface area contributed by atoms with E-state index >= 15 is 0 Å². The molecule has 3 N–H and O–H groups in total. The molecule has 1 unspecified atom stereocenters. The van der Waals surface area contributed by atoms with Crippen molar-refractivity contribution in [1.82, 2.24) is 18.9 Å². The van der Waals surface area contributed by atoms with Crippen LogP contribution in [0.25, 0.3) is 5.52 Å². The number of aryl methyl sites for hydroxylation is 1. The first-order valence-corrected chi connectivity index (χ1v) is 10.8. The number of alkyl halides is 2. The van der Waals surface area contributed by atoms with Gasteiger partial charge in [0.25, 0.3) is 5.92 Å². The van der Waals surface area contributed by atoms with E-state index in [-0.39, 0.29) is 11.5 Å². The third-order valence-electron chi connectivity index (χ3n) is 5.87. The predicted octanol–water partition coefficient (Wildman–Crippen LogP) is 1.52. The molecule has 0 amide bonds. The number of hydrogen-bond donors (Lipinski definition) is 2. The predicted molar refractivity (Wildman–Crippen MR) is 106 cm³/mol. The molecule has 160 valence electrons. The summed E-state index contributed by atoms with van der Waals surface area (Å²) in [6, 6.07) is 1.58. The fourth-order valence-corrected chi connectivity index (χ4v) is 5.57. The standard InChI is InChI=1S/C17H23ClF2N6O2S/c1-11-4-13(18)26-14(11)15(22-10-23-26)24-7-16(8-24)5-12(6-16)25(29(21)28)9-17(19,20)2-3-27/h4,10,12,27H,2-3,5-9,21H2,1H3. The molecule has 1 aliphatic heterocycles. The Balaban J connectivity index is 1.42. The molecular formula is C17H23ClF2N6O2S. The summed E-state index contributed by atoms with van der Waals surface area (Å²) in [5.74, 6) is -2.33. The summed E-state index contributed by atoms with van der Waals surface area (Å²) in [6.45, 7) is 2.07. The minimum Gasteiger partial charge on any atom is -0.396 e. The smallest absolute Gasteiger partial charge is 0.263 e. The first-order chi connectivity index (χ1) is 13.6. The first-order valence-electron chi connectivity index (χ1n) is 9.30. The summed E-state index contributed by atoms with van der Waals surface area (Å²) >= 11 is 4.21. The molecule has 1 spiro atoms. The number of aliphatic hydroxyl groups excluding tert-OH is 1. The lowest BCUT2D eigenvalue weighted by molar-refractivity contribution is -0.0624. The highest BCUT2D eigenvalue weighted by molar-refractivity contribution is 7.80. The molecule has 2 fully saturated rings. The molecular weight excluding hydrogens is 426 g/mol. The molecule has 2 aromatic rings. The molecule has 1 atom stereocenters. The highest BCUT2D eigenvalue weighted by atomic mass is 35.5. The van der Waals surface area contributed by atoms with Crippen LogP contribution in [0, 0.1) is 12.3 Å².